The molecule has 5 heteroatoms. The van der Waals surface area contributed by atoms with Gasteiger partial charge in [0.15, 0.2) is 4.34 Å². The van der Waals surface area contributed by atoms with Gasteiger partial charge in [0, 0.05) is 17.5 Å². The summed E-state index contributed by atoms with van der Waals surface area (Å²) in [5.74, 6) is 0.386. The molecule has 1 heterocycles. The summed E-state index contributed by atoms with van der Waals surface area (Å²) in [6.45, 7) is 4.06. The van der Waals surface area contributed by atoms with E-state index in [0.29, 0.717) is 12.3 Å². The van der Waals surface area contributed by atoms with Crippen molar-refractivity contribution in [3.8, 4) is 11.3 Å². The van der Waals surface area contributed by atoms with E-state index in [-0.39, 0.29) is 5.91 Å². The van der Waals surface area contributed by atoms with E-state index in [1.54, 1.807) is 17.4 Å². The van der Waals surface area contributed by atoms with Crippen LogP contribution in [0.25, 0.3) is 11.3 Å². The van der Waals surface area contributed by atoms with Gasteiger partial charge in [0.05, 0.1) is 11.4 Å². The van der Waals surface area contributed by atoms with Gasteiger partial charge in [-0.1, -0.05) is 48.2 Å². The van der Waals surface area contributed by atoms with Gasteiger partial charge in [-0.2, -0.15) is 0 Å². The number of rotatable bonds is 6. The summed E-state index contributed by atoms with van der Waals surface area (Å²) in [5, 5.41) is 4.75. The van der Waals surface area contributed by atoms with E-state index in [2.05, 4.69) is 16.9 Å². The highest BCUT2D eigenvalue weighted by molar-refractivity contribution is 8.01. The molecule has 2 aromatic rings. The van der Waals surface area contributed by atoms with E-state index in [4.69, 9.17) is 0 Å². The van der Waals surface area contributed by atoms with E-state index < -0.39 is 0 Å². The Balaban J connectivity index is 1.91. The molecular weight excluding hydrogens is 276 g/mol. The molecule has 0 radical (unpaired) electrons. The molecule has 1 aromatic carbocycles. The average molecular weight is 290 g/mol. The number of aromatic nitrogens is 1. The van der Waals surface area contributed by atoms with Crippen molar-refractivity contribution in [2.75, 3.05) is 12.3 Å². The predicted octanol–water partition coefficient (Wildman–Crippen LogP) is 3.20. The van der Waals surface area contributed by atoms with Gasteiger partial charge in [-0.3, -0.25) is 4.79 Å². The average Bonchev–Trinajstić information content (AvgIpc) is 2.93. The van der Waals surface area contributed by atoms with Crippen LogP contribution in [0.2, 0.25) is 0 Å². The third-order valence-electron chi connectivity index (χ3n) is 2.32. The number of nitrogens with zero attached hydrogens (tertiary/aromatic N) is 1. The lowest BCUT2D eigenvalue weighted by atomic mass is 10.2. The van der Waals surface area contributed by atoms with Crippen molar-refractivity contribution in [3.05, 3.63) is 48.4 Å². The van der Waals surface area contributed by atoms with Crippen LogP contribution in [0.1, 0.15) is 0 Å². The Morgan fingerprint density at radius 3 is 2.95 bits per heavy atom. The second-order valence-corrected chi connectivity index (χ2v) is 5.83. The molecule has 1 aromatic heterocycles. The summed E-state index contributed by atoms with van der Waals surface area (Å²) in [5.41, 5.74) is 2.06. The van der Waals surface area contributed by atoms with E-state index in [0.717, 1.165) is 15.6 Å². The van der Waals surface area contributed by atoms with Crippen LogP contribution in [-0.2, 0) is 4.79 Å². The molecule has 2 rings (SSSR count). The molecule has 0 unspecified atom stereocenters. The highest BCUT2D eigenvalue weighted by Crippen LogP contribution is 2.27. The first kappa shape index (κ1) is 13.8. The SMILES string of the molecule is C=CCNC(=O)CSc1nc(-c2ccccc2)cs1. The number of nitrogens with one attached hydrogen (secondary N) is 1. The molecular formula is C14H14N2OS2. The van der Waals surface area contributed by atoms with Gasteiger partial charge in [-0.25, -0.2) is 4.98 Å². The van der Waals surface area contributed by atoms with Crippen molar-refractivity contribution in [3.63, 3.8) is 0 Å². The number of thioether (sulfide) groups is 1. The normalized spacial score (nSPS) is 10.1. The molecule has 3 nitrogen and oxygen atoms in total. The molecule has 0 aliphatic carbocycles. The van der Waals surface area contributed by atoms with Crippen LogP contribution in [-0.4, -0.2) is 23.2 Å². The minimum absolute atomic E-state index is 0.00126. The fourth-order valence-electron chi connectivity index (χ4n) is 1.43. The molecule has 98 valence electrons. The number of benzene rings is 1. The second-order valence-electron chi connectivity index (χ2n) is 3.75. The van der Waals surface area contributed by atoms with Crippen LogP contribution in [0.15, 0.2) is 52.7 Å². The van der Waals surface area contributed by atoms with Crippen molar-refractivity contribution >= 4 is 29.0 Å². The van der Waals surface area contributed by atoms with Crippen LogP contribution in [0, 0.1) is 0 Å². The minimum Gasteiger partial charge on any atom is -0.352 e. The Bertz CT molecular complexity index is 552. The summed E-state index contributed by atoms with van der Waals surface area (Å²) >= 11 is 3.02. The van der Waals surface area contributed by atoms with Gasteiger partial charge >= 0.3 is 0 Å². The summed E-state index contributed by atoms with van der Waals surface area (Å²) in [6.07, 6.45) is 1.67. The fraction of sp³-hybridized carbons (Fsp3) is 0.143. The van der Waals surface area contributed by atoms with Crippen molar-refractivity contribution in [1.82, 2.24) is 10.3 Å². The summed E-state index contributed by atoms with van der Waals surface area (Å²) in [7, 11) is 0. The zero-order valence-corrected chi connectivity index (χ0v) is 12.0. The van der Waals surface area contributed by atoms with E-state index in [1.165, 1.54) is 11.8 Å². The van der Waals surface area contributed by atoms with Gasteiger partial charge in [0.2, 0.25) is 5.91 Å². The quantitative estimate of drug-likeness (QED) is 0.656. The maximum absolute atomic E-state index is 11.4. The molecule has 0 saturated carbocycles. The maximum Gasteiger partial charge on any atom is 0.230 e. The number of carbonyl (C=O) groups excluding carboxylic acids is 1. The molecule has 19 heavy (non-hydrogen) atoms. The van der Waals surface area contributed by atoms with Gasteiger partial charge < -0.3 is 5.32 Å². The summed E-state index contributed by atoms with van der Waals surface area (Å²) in [6, 6.07) is 10.0. The third-order valence-corrected chi connectivity index (χ3v) is 4.34. The zero-order valence-electron chi connectivity index (χ0n) is 10.3. The lowest BCUT2D eigenvalue weighted by molar-refractivity contribution is -0.118. The number of amides is 1. The Labute approximate surface area is 120 Å². The molecule has 0 bridgehead atoms. The van der Waals surface area contributed by atoms with Gasteiger partial charge in [-0.15, -0.1) is 17.9 Å². The Morgan fingerprint density at radius 2 is 2.21 bits per heavy atom. The van der Waals surface area contributed by atoms with Crippen LogP contribution in [0.4, 0.5) is 0 Å². The van der Waals surface area contributed by atoms with Gasteiger partial charge in [0.1, 0.15) is 0 Å². The summed E-state index contributed by atoms with van der Waals surface area (Å²) < 4.78 is 0.910. The van der Waals surface area contributed by atoms with Crippen molar-refractivity contribution in [1.29, 1.82) is 0 Å². The molecule has 0 fully saturated rings. The molecule has 0 saturated heterocycles. The molecule has 1 N–H and O–H groups in total. The summed E-state index contributed by atoms with van der Waals surface area (Å²) in [4.78, 5) is 16.0. The largest absolute Gasteiger partial charge is 0.352 e. The van der Waals surface area contributed by atoms with Gasteiger partial charge in [0.25, 0.3) is 0 Å². The van der Waals surface area contributed by atoms with Crippen LogP contribution < -0.4 is 5.32 Å². The van der Waals surface area contributed by atoms with Gasteiger partial charge in [-0.05, 0) is 0 Å². The van der Waals surface area contributed by atoms with Crippen LogP contribution >= 0.6 is 23.1 Å². The number of thiazole rings is 1. The number of hydrogen-bond acceptors (Lipinski definition) is 4. The van der Waals surface area contributed by atoms with E-state index in [9.17, 15) is 4.79 Å². The van der Waals surface area contributed by atoms with Crippen LogP contribution in [0.3, 0.4) is 0 Å². The first-order chi connectivity index (χ1) is 9.29. The van der Waals surface area contributed by atoms with Crippen molar-refractivity contribution in [2.24, 2.45) is 0 Å². The van der Waals surface area contributed by atoms with Crippen molar-refractivity contribution < 1.29 is 4.79 Å². The Hall–Kier alpha value is -1.59. The monoisotopic (exact) mass is 290 g/mol. The first-order valence-electron chi connectivity index (χ1n) is 5.81. The topological polar surface area (TPSA) is 42.0 Å². The molecule has 1 amide bonds. The second kappa shape index (κ2) is 7.11. The zero-order chi connectivity index (χ0) is 13.5. The lowest BCUT2D eigenvalue weighted by Gasteiger charge is -1.99. The predicted molar refractivity (Wildman–Crippen MR) is 81.5 cm³/mol. The molecule has 0 spiro atoms. The minimum atomic E-state index is 0.00126. The third kappa shape index (κ3) is 4.22. The van der Waals surface area contributed by atoms with E-state index in [1.807, 2.05) is 35.7 Å². The molecule has 0 atom stereocenters. The highest BCUT2D eigenvalue weighted by atomic mass is 32.2. The standard InChI is InChI=1S/C14H14N2OS2/c1-2-8-15-13(17)10-19-14-16-12(9-18-14)11-6-4-3-5-7-11/h2-7,9H,1,8,10H2,(H,15,17). The lowest BCUT2D eigenvalue weighted by Crippen LogP contribution is -2.24. The number of carbonyl (C=O) groups is 1. The Kier molecular flexibility index (Phi) is 5.18. The van der Waals surface area contributed by atoms with Crippen LogP contribution in [0.5, 0.6) is 0 Å². The molecule has 0 aliphatic heterocycles. The fourth-order valence-corrected chi connectivity index (χ4v) is 3.09. The van der Waals surface area contributed by atoms with E-state index >= 15 is 0 Å². The molecule has 0 aliphatic rings. The number of hydrogen-bond donors (Lipinski definition) is 1. The first-order valence-corrected chi connectivity index (χ1v) is 7.67. The smallest absolute Gasteiger partial charge is 0.230 e. The maximum atomic E-state index is 11.4. The highest BCUT2D eigenvalue weighted by Gasteiger charge is 2.07. The van der Waals surface area contributed by atoms with Crippen molar-refractivity contribution in [2.45, 2.75) is 4.34 Å². The Morgan fingerprint density at radius 1 is 1.42 bits per heavy atom.